The van der Waals surface area contributed by atoms with Gasteiger partial charge < -0.3 is 9.72 Å². The van der Waals surface area contributed by atoms with E-state index in [4.69, 9.17) is 4.74 Å². The fourth-order valence-corrected chi connectivity index (χ4v) is 5.14. The van der Waals surface area contributed by atoms with E-state index in [-0.39, 0.29) is 6.23 Å². The van der Waals surface area contributed by atoms with Crippen molar-refractivity contribution >= 4 is 22.2 Å². The highest BCUT2D eigenvalue weighted by Crippen LogP contribution is 2.32. The fourth-order valence-electron chi connectivity index (χ4n) is 4.48. The van der Waals surface area contributed by atoms with Crippen LogP contribution in [0.2, 0.25) is 0 Å². The number of aromatic amines is 1. The monoisotopic (exact) mass is 417 g/mol. The van der Waals surface area contributed by atoms with Gasteiger partial charge in [-0.1, -0.05) is 12.5 Å². The van der Waals surface area contributed by atoms with Gasteiger partial charge in [0, 0.05) is 72.8 Å². The number of benzene rings is 1. The number of rotatable bonds is 6. The van der Waals surface area contributed by atoms with Crippen molar-refractivity contribution in [3.8, 4) is 22.3 Å². The van der Waals surface area contributed by atoms with E-state index < -0.39 is 0 Å². The topological polar surface area (TPSA) is 41.1 Å². The fraction of sp³-hybridized carbons (Fsp3) is 0.320. The van der Waals surface area contributed by atoms with Crippen molar-refractivity contribution in [3.63, 3.8) is 0 Å². The van der Waals surface area contributed by atoms with Gasteiger partial charge in [0.2, 0.25) is 0 Å². The molecular formula is C25H27N3OS. The average Bonchev–Trinajstić information content (AvgIpc) is 3.48. The lowest BCUT2D eigenvalue weighted by molar-refractivity contribution is -0.0403. The Morgan fingerprint density at radius 3 is 2.73 bits per heavy atom. The molecule has 0 bridgehead atoms. The van der Waals surface area contributed by atoms with Gasteiger partial charge >= 0.3 is 0 Å². The number of nitrogens with zero attached hydrogens (tertiary/aromatic N) is 2. The van der Waals surface area contributed by atoms with E-state index in [1.807, 2.05) is 19.5 Å². The molecule has 1 unspecified atom stereocenters. The number of aromatic nitrogens is 2. The molecule has 1 atom stereocenters. The summed E-state index contributed by atoms with van der Waals surface area (Å²) in [5.74, 6) is 0. The van der Waals surface area contributed by atoms with Gasteiger partial charge in [-0.15, -0.1) is 0 Å². The molecule has 1 aliphatic heterocycles. The first-order valence-electron chi connectivity index (χ1n) is 10.7. The van der Waals surface area contributed by atoms with Crippen LogP contribution in [0.4, 0.5) is 0 Å². The quantitative estimate of drug-likeness (QED) is 0.421. The maximum absolute atomic E-state index is 5.87. The zero-order valence-electron chi connectivity index (χ0n) is 17.3. The van der Waals surface area contributed by atoms with Crippen molar-refractivity contribution in [2.75, 3.05) is 20.2 Å². The van der Waals surface area contributed by atoms with Crippen LogP contribution in [0, 0.1) is 0 Å². The zero-order chi connectivity index (χ0) is 20.3. The lowest BCUT2D eigenvalue weighted by atomic mass is 10.0. The van der Waals surface area contributed by atoms with Crippen molar-refractivity contribution < 1.29 is 4.74 Å². The van der Waals surface area contributed by atoms with Gasteiger partial charge in [-0.25, -0.2) is 0 Å². The standard InChI is InChI=1S/C25H27N3OS/c1-29-25(28-8-3-2-4-9-28)12-18-5-6-24-22(11-18)23(16-27-24)21-13-20(14-26-15-21)19-7-10-30-17-19/h5-7,10-11,13-17,25,27H,2-4,8-9,12H2,1H3. The Morgan fingerprint density at radius 2 is 1.93 bits per heavy atom. The number of nitrogens with one attached hydrogen (secondary N) is 1. The van der Waals surface area contributed by atoms with Crippen LogP contribution in [0.1, 0.15) is 24.8 Å². The number of methoxy groups -OCH3 is 1. The molecule has 0 amide bonds. The highest BCUT2D eigenvalue weighted by molar-refractivity contribution is 7.08. The van der Waals surface area contributed by atoms with Crippen molar-refractivity contribution in [1.82, 2.24) is 14.9 Å². The predicted octanol–water partition coefficient (Wildman–Crippen LogP) is 5.96. The van der Waals surface area contributed by atoms with E-state index >= 15 is 0 Å². The average molecular weight is 418 g/mol. The molecule has 5 rings (SSSR count). The highest BCUT2D eigenvalue weighted by atomic mass is 32.1. The summed E-state index contributed by atoms with van der Waals surface area (Å²) in [7, 11) is 1.83. The normalized spacial score (nSPS) is 16.2. The van der Waals surface area contributed by atoms with Crippen LogP contribution in [0.25, 0.3) is 33.2 Å². The molecule has 4 heterocycles. The van der Waals surface area contributed by atoms with Gasteiger partial charge in [-0.3, -0.25) is 9.88 Å². The van der Waals surface area contributed by atoms with Gasteiger partial charge in [0.1, 0.15) is 6.23 Å². The van der Waals surface area contributed by atoms with Gasteiger partial charge in [-0.2, -0.15) is 11.3 Å². The molecule has 154 valence electrons. The summed E-state index contributed by atoms with van der Waals surface area (Å²) in [6, 6.07) is 11.1. The number of pyridine rings is 1. The third kappa shape index (κ3) is 3.93. The smallest absolute Gasteiger partial charge is 0.114 e. The molecule has 1 aliphatic rings. The summed E-state index contributed by atoms with van der Waals surface area (Å²) in [6.07, 6.45) is 10.9. The zero-order valence-corrected chi connectivity index (χ0v) is 18.1. The molecule has 1 saturated heterocycles. The molecule has 4 nitrogen and oxygen atoms in total. The van der Waals surface area contributed by atoms with Gasteiger partial charge in [-0.05, 0) is 59.0 Å². The molecule has 30 heavy (non-hydrogen) atoms. The van der Waals surface area contributed by atoms with Crippen LogP contribution in [-0.2, 0) is 11.2 Å². The first-order chi connectivity index (χ1) is 14.8. The Labute approximate surface area is 181 Å². The van der Waals surface area contributed by atoms with Crippen molar-refractivity contribution in [2.45, 2.75) is 31.9 Å². The van der Waals surface area contributed by atoms with E-state index in [0.717, 1.165) is 36.2 Å². The number of hydrogen-bond acceptors (Lipinski definition) is 4. The molecule has 0 spiro atoms. The minimum Gasteiger partial charge on any atom is -0.366 e. The van der Waals surface area contributed by atoms with E-state index in [9.17, 15) is 0 Å². The summed E-state index contributed by atoms with van der Waals surface area (Å²) >= 11 is 1.71. The molecule has 0 radical (unpaired) electrons. The largest absolute Gasteiger partial charge is 0.366 e. The van der Waals surface area contributed by atoms with Crippen LogP contribution < -0.4 is 0 Å². The van der Waals surface area contributed by atoms with Gasteiger partial charge in [0.25, 0.3) is 0 Å². The second-order valence-corrected chi connectivity index (χ2v) is 8.83. The van der Waals surface area contributed by atoms with Crippen molar-refractivity contribution in [1.29, 1.82) is 0 Å². The summed E-state index contributed by atoms with van der Waals surface area (Å²) in [6.45, 7) is 2.27. The third-order valence-electron chi connectivity index (χ3n) is 6.13. The van der Waals surface area contributed by atoms with Gasteiger partial charge in [0.05, 0.1) is 0 Å². The lowest BCUT2D eigenvalue weighted by Crippen LogP contribution is -2.41. The van der Waals surface area contributed by atoms with Gasteiger partial charge in [0.15, 0.2) is 0 Å². The van der Waals surface area contributed by atoms with E-state index in [2.05, 4.69) is 62.2 Å². The molecule has 3 aromatic heterocycles. The third-order valence-corrected chi connectivity index (χ3v) is 6.81. The molecular weight excluding hydrogens is 390 g/mol. The number of fused-ring (bicyclic) bond motifs is 1. The molecule has 0 aliphatic carbocycles. The SMILES string of the molecule is COC(Cc1ccc2[nH]cc(-c3cncc(-c4ccsc4)c3)c2c1)N1CCCCC1. The summed E-state index contributed by atoms with van der Waals surface area (Å²) in [4.78, 5) is 10.4. The van der Waals surface area contributed by atoms with Crippen LogP contribution in [0.15, 0.2) is 59.7 Å². The Balaban J connectivity index is 1.45. The van der Waals surface area contributed by atoms with Crippen LogP contribution >= 0.6 is 11.3 Å². The van der Waals surface area contributed by atoms with E-state index in [1.54, 1.807) is 11.3 Å². The lowest BCUT2D eigenvalue weighted by Gasteiger charge is -2.33. The molecule has 1 fully saturated rings. The minimum atomic E-state index is 0.147. The number of likely N-dealkylation sites (tertiary alicyclic amines) is 1. The summed E-state index contributed by atoms with van der Waals surface area (Å²) in [5, 5.41) is 5.51. The molecule has 1 aromatic carbocycles. The first kappa shape index (κ1) is 19.5. The van der Waals surface area contributed by atoms with Crippen LogP contribution in [0.3, 0.4) is 0 Å². The van der Waals surface area contributed by atoms with Crippen molar-refractivity contribution in [3.05, 3.63) is 65.2 Å². The number of piperidine rings is 1. The maximum Gasteiger partial charge on any atom is 0.114 e. The van der Waals surface area contributed by atoms with Crippen molar-refractivity contribution in [2.24, 2.45) is 0 Å². The summed E-state index contributed by atoms with van der Waals surface area (Å²) in [5.41, 5.74) is 7.18. The minimum absolute atomic E-state index is 0.147. The summed E-state index contributed by atoms with van der Waals surface area (Å²) < 4.78 is 5.87. The number of thiophene rings is 1. The Hall–Kier alpha value is -2.47. The number of ether oxygens (including phenoxy) is 1. The Morgan fingerprint density at radius 1 is 1.07 bits per heavy atom. The molecule has 5 heteroatoms. The molecule has 4 aromatic rings. The highest BCUT2D eigenvalue weighted by Gasteiger charge is 2.21. The Bertz CT molecular complexity index is 1110. The first-order valence-corrected chi connectivity index (χ1v) is 11.6. The van der Waals surface area contributed by atoms with E-state index in [0.29, 0.717) is 0 Å². The maximum atomic E-state index is 5.87. The molecule has 0 saturated carbocycles. The number of H-pyrrole nitrogens is 1. The predicted molar refractivity (Wildman–Crippen MR) is 125 cm³/mol. The Kier molecular flexibility index (Phi) is 5.67. The van der Waals surface area contributed by atoms with E-state index in [1.165, 1.54) is 41.3 Å². The van der Waals surface area contributed by atoms with Crippen LogP contribution in [0.5, 0.6) is 0 Å². The van der Waals surface area contributed by atoms with Crippen LogP contribution in [-0.4, -0.2) is 41.3 Å². The second-order valence-electron chi connectivity index (χ2n) is 8.05. The number of hydrogen-bond donors (Lipinski definition) is 1. The second kappa shape index (κ2) is 8.72. The molecule has 1 N–H and O–H groups in total.